The molecule has 1 saturated heterocycles. The second-order valence-corrected chi connectivity index (χ2v) is 4.34. The van der Waals surface area contributed by atoms with Gasteiger partial charge in [0, 0.05) is 13.0 Å². The molecule has 0 aliphatic carbocycles. The van der Waals surface area contributed by atoms with E-state index in [1.54, 1.807) is 11.8 Å². The molecule has 6 heteroatoms. The summed E-state index contributed by atoms with van der Waals surface area (Å²) in [5.74, 6) is -0.955. The summed E-state index contributed by atoms with van der Waals surface area (Å²) in [5.41, 5.74) is 0.474. The molecule has 1 aromatic rings. The number of carboxylic acids is 1. The van der Waals surface area contributed by atoms with Crippen LogP contribution >= 0.6 is 11.3 Å². The number of nitrogens with zero attached hydrogens (tertiary/aromatic N) is 2. The van der Waals surface area contributed by atoms with Crippen LogP contribution in [0.2, 0.25) is 0 Å². The van der Waals surface area contributed by atoms with Gasteiger partial charge in [-0.2, -0.15) is 0 Å². The van der Waals surface area contributed by atoms with E-state index in [1.807, 2.05) is 0 Å². The number of amides is 1. The Hall–Kier alpha value is -1.43. The Balaban J connectivity index is 2.33. The summed E-state index contributed by atoms with van der Waals surface area (Å²) in [6.07, 6.45) is 1.35. The van der Waals surface area contributed by atoms with E-state index < -0.39 is 5.97 Å². The summed E-state index contributed by atoms with van der Waals surface area (Å²) in [5, 5.41) is 9.36. The molecule has 1 N–H and O–H groups in total. The van der Waals surface area contributed by atoms with Crippen LogP contribution in [0.3, 0.4) is 0 Å². The van der Waals surface area contributed by atoms with Crippen LogP contribution in [-0.2, 0) is 4.79 Å². The highest BCUT2D eigenvalue weighted by molar-refractivity contribution is 7.17. The molecule has 15 heavy (non-hydrogen) atoms. The molecule has 1 amide bonds. The van der Waals surface area contributed by atoms with E-state index in [0.29, 0.717) is 23.8 Å². The molecule has 0 unspecified atom stereocenters. The van der Waals surface area contributed by atoms with E-state index in [9.17, 15) is 9.59 Å². The highest BCUT2D eigenvalue weighted by Gasteiger charge is 2.26. The zero-order valence-corrected chi connectivity index (χ0v) is 9.00. The van der Waals surface area contributed by atoms with Gasteiger partial charge in [0.05, 0.1) is 5.69 Å². The Labute approximate surface area is 90.4 Å². The number of hydrogen-bond donors (Lipinski definition) is 1. The topological polar surface area (TPSA) is 70.5 Å². The number of thiazole rings is 1. The van der Waals surface area contributed by atoms with E-state index in [2.05, 4.69) is 4.98 Å². The molecule has 0 radical (unpaired) electrons. The smallest absolute Gasteiger partial charge is 0.347 e. The number of aryl methyl sites for hydroxylation is 1. The number of hydrogen-bond acceptors (Lipinski definition) is 4. The quantitative estimate of drug-likeness (QED) is 0.824. The fourth-order valence-electron chi connectivity index (χ4n) is 1.55. The molecule has 1 aliphatic rings. The van der Waals surface area contributed by atoms with Gasteiger partial charge in [-0.1, -0.05) is 11.3 Å². The molecule has 0 aromatic carbocycles. The number of carbonyl (C=O) groups is 2. The minimum absolute atomic E-state index is 0.0284. The van der Waals surface area contributed by atoms with Gasteiger partial charge in [0.2, 0.25) is 5.91 Å². The first-order chi connectivity index (χ1) is 7.09. The molecule has 5 nitrogen and oxygen atoms in total. The third kappa shape index (κ3) is 1.72. The molecule has 1 aliphatic heterocycles. The first kappa shape index (κ1) is 10.1. The van der Waals surface area contributed by atoms with Crippen molar-refractivity contribution in [1.29, 1.82) is 0 Å². The van der Waals surface area contributed by atoms with Crippen molar-refractivity contribution in [2.75, 3.05) is 11.4 Å². The van der Waals surface area contributed by atoms with Crippen molar-refractivity contribution in [2.45, 2.75) is 19.8 Å². The number of carbonyl (C=O) groups excluding carboxylic acids is 1. The lowest BCUT2D eigenvalue weighted by molar-refractivity contribution is -0.117. The second kappa shape index (κ2) is 3.62. The first-order valence-corrected chi connectivity index (χ1v) is 5.42. The van der Waals surface area contributed by atoms with Gasteiger partial charge in [-0.25, -0.2) is 9.78 Å². The summed E-state index contributed by atoms with van der Waals surface area (Å²) in [6, 6.07) is 0. The van der Waals surface area contributed by atoms with Gasteiger partial charge in [0.1, 0.15) is 4.88 Å². The molecular weight excluding hydrogens is 216 g/mol. The standard InChI is InChI=1S/C9H10N2O3S/c1-5-7(8(13)14)15-9(10-5)11-4-2-3-6(11)12/h2-4H2,1H3,(H,13,14). The van der Waals surface area contributed by atoms with Crippen LogP contribution in [0.4, 0.5) is 5.13 Å². The van der Waals surface area contributed by atoms with Crippen LogP contribution < -0.4 is 4.90 Å². The number of aromatic nitrogens is 1. The summed E-state index contributed by atoms with van der Waals surface area (Å²) in [7, 11) is 0. The maximum Gasteiger partial charge on any atom is 0.347 e. The monoisotopic (exact) mass is 226 g/mol. The Morgan fingerprint density at radius 2 is 2.33 bits per heavy atom. The zero-order chi connectivity index (χ0) is 11.0. The van der Waals surface area contributed by atoms with E-state index >= 15 is 0 Å². The van der Waals surface area contributed by atoms with Gasteiger partial charge in [0.25, 0.3) is 0 Å². The van der Waals surface area contributed by atoms with Crippen molar-refractivity contribution < 1.29 is 14.7 Å². The lowest BCUT2D eigenvalue weighted by atomic mass is 10.4. The predicted octanol–water partition coefficient (Wildman–Crippen LogP) is 1.28. The molecule has 0 bridgehead atoms. The van der Waals surface area contributed by atoms with Crippen LogP contribution in [0.25, 0.3) is 0 Å². The first-order valence-electron chi connectivity index (χ1n) is 4.60. The fourth-order valence-corrected chi connectivity index (χ4v) is 2.50. The van der Waals surface area contributed by atoms with Gasteiger partial charge in [-0.15, -0.1) is 0 Å². The van der Waals surface area contributed by atoms with Crippen LogP contribution in [-0.4, -0.2) is 28.5 Å². The third-order valence-electron chi connectivity index (χ3n) is 2.28. The van der Waals surface area contributed by atoms with Gasteiger partial charge in [-0.3, -0.25) is 9.69 Å². The Morgan fingerprint density at radius 1 is 1.60 bits per heavy atom. The molecule has 2 rings (SSSR count). The third-order valence-corrected chi connectivity index (χ3v) is 3.45. The lowest BCUT2D eigenvalue weighted by Gasteiger charge is -2.09. The minimum atomic E-state index is -0.983. The van der Waals surface area contributed by atoms with Crippen molar-refractivity contribution in [1.82, 2.24) is 4.98 Å². The van der Waals surface area contributed by atoms with Gasteiger partial charge in [0.15, 0.2) is 5.13 Å². The van der Waals surface area contributed by atoms with Crippen LogP contribution in [0.15, 0.2) is 0 Å². The van der Waals surface area contributed by atoms with Crippen molar-refractivity contribution in [3.8, 4) is 0 Å². The van der Waals surface area contributed by atoms with Crippen molar-refractivity contribution in [3.63, 3.8) is 0 Å². The van der Waals surface area contributed by atoms with Crippen molar-refractivity contribution in [3.05, 3.63) is 10.6 Å². The van der Waals surface area contributed by atoms with Crippen molar-refractivity contribution in [2.24, 2.45) is 0 Å². The zero-order valence-electron chi connectivity index (χ0n) is 8.19. The number of rotatable bonds is 2. The largest absolute Gasteiger partial charge is 0.477 e. The maximum absolute atomic E-state index is 11.4. The molecule has 0 atom stereocenters. The van der Waals surface area contributed by atoms with Gasteiger partial charge >= 0.3 is 5.97 Å². The van der Waals surface area contributed by atoms with Crippen molar-refractivity contribution >= 4 is 28.3 Å². The average molecular weight is 226 g/mol. The molecule has 0 saturated carbocycles. The van der Waals surface area contributed by atoms with Crippen LogP contribution in [0.1, 0.15) is 28.2 Å². The molecule has 1 aromatic heterocycles. The number of anilines is 1. The van der Waals surface area contributed by atoms with E-state index in [1.165, 1.54) is 0 Å². The van der Waals surface area contributed by atoms with Crippen LogP contribution in [0, 0.1) is 6.92 Å². The van der Waals surface area contributed by atoms with E-state index in [0.717, 1.165) is 17.8 Å². The average Bonchev–Trinajstić information content (AvgIpc) is 2.71. The second-order valence-electron chi connectivity index (χ2n) is 3.37. The van der Waals surface area contributed by atoms with Gasteiger partial charge < -0.3 is 5.11 Å². The molecule has 2 heterocycles. The molecule has 80 valence electrons. The van der Waals surface area contributed by atoms with E-state index in [-0.39, 0.29) is 10.8 Å². The lowest BCUT2D eigenvalue weighted by Crippen LogP contribution is -2.23. The molecule has 0 spiro atoms. The Bertz CT molecular complexity index is 427. The SMILES string of the molecule is Cc1nc(N2CCCC2=O)sc1C(=O)O. The maximum atomic E-state index is 11.4. The number of aromatic carboxylic acids is 1. The fraction of sp³-hybridized carbons (Fsp3) is 0.444. The highest BCUT2D eigenvalue weighted by Crippen LogP contribution is 2.28. The molecule has 1 fully saturated rings. The molecular formula is C9H10N2O3S. The number of carboxylic acid groups (broad SMARTS) is 1. The summed E-state index contributed by atoms with van der Waals surface area (Å²) in [6.45, 7) is 2.29. The normalized spacial score (nSPS) is 16.1. The van der Waals surface area contributed by atoms with Gasteiger partial charge in [-0.05, 0) is 13.3 Å². The minimum Gasteiger partial charge on any atom is -0.477 e. The van der Waals surface area contributed by atoms with Crippen LogP contribution in [0.5, 0.6) is 0 Å². The van der Waals surface area contributed by atoms with E-state index in [4.69, 9.17) is 5.11 Å². The summed E-state index contributed by atoms with van der Waals surface area (Å²) < 4.78 is 0. The summed E-state index contributed by atoms with van der Waals surface area (Å²) >= 11 is 1.06. The Morgan fingerprint density at radius 3 is 2.80 bits per heavy atom. The highest BCUT2D eigenvalue weighted by atomic mass is 32.1. The predicted molar refractivity (Wildman–Crippen MR) is 55.4 cm³/mol. The Kier molecular flexibility index (Phi) is 2.44. The summed E-state index contributed by atoms with van der Waals surface area (Å²) in [4.78, 5) is 28.1.